The summed E-state index contributed by atoms with van der Waals surface area (Å²) < 4.78 is 0. The van der Waals surface area contributed by atoms with Gasteiger partial charge in [0.2, 0.25) is 0 Å². The fraction of sp³-hybridized carbons (Fsp3) is 0.727. The molecule has 2 unspecified atom stereocenters. The smallest absolute Gasteiger partial charge is 0.0897 e. The molecule has 1 heterocycles. The van der Waals surface area contributed by atoms with Crippen LogP contribution in [0.5, 0.6) is 0 Å². The Kier molecular flexibility index (Phi) is 3.19. The van der Waals surface area contributed by atoms with Gasteiger partial charge in [-0.3, -0.25) is 0 Å². The number of aromatic nitrogens is 1. The van der Waals surface area contributed by atoms with Crippen molar-refractivity contribution in [3.8, 4) is 0 Å². The molecule has 1 aromatic rings. The van der Waals surface area contributed by atoms with Crippen molar-refractivity contribution < 1.29 is 0 Å². The van der Waals surface area contributed by atoms with Crippen molar-refractivity contribution in [2.75, 3.05) is 13.1 Å². The van der Waals surface area contributed by atoms with Gasteiger partial charge >= 0.3 is 0 Å². The van der Waals surface area contributed by atoms with Gasteiger partial charge in [-0.1, -0.05) is 6.92 Å². The molecule has 1 N–H and O–H groups in total. The largest absolute Gasteiger partial charge is 0.316 e. The monoisotopic (exact) mass is 210 g/mol. The van der Waals surface area contributed by atoms with E-state index in [1.165, 1.54) is 30.1 Å². The summed E-state index contributed by atoms with van der Waals surface area (Å²) in [5, 5.41) is 6.90. The summed E-state index contributed by atoms with van der Waals surface area (Å²) in [6, 6.07) is 0. The second-order valence-electron chi connectivity index (χ2n) is 4.10. The van der Waals surface area contributed by atoms with E-state index in [1.807, 2.05) is 0 Å². The molecule has 1 aromatic heterocycles. The molecule has 0 amide bonds. The third-order valence-corrected chi connectivity index (χ3v) is 3.56. The molecule has 2 rings (SSSR count). The highest BCUT2D eigenvalue weighted by atomic mass is 32.1. The predicted molar refractivity (Wildman–Crippen MR) is 60.9 cm³/mol. The molecule has 0 bridgehead atoms. The van der Waals surface area contributed by atoms with Crippen LogP contribution in [0.4, 0.5) is 0 Å². The maximum atomic E-state index is 4.54. The van der Waals surface area contributed by atoms with E-state index in [0.29, 0.717) is 0 Å². The molecule has 1 fully saturated rings. The average molecular weight is 210 g/mol. The fourth-order valence-corrected chi connectivity index (χ4v) is 2.53. The van der Waals surface area contributed by atoms with Gasteiger partial charge in [-0.05, 0) is 38.8 Å². The summed E-state index contributed by atoms with van der Waals surface area (Å²) in [5.41, 5.74) is 1.33. The van der Waals surface area contributed by atoms with Crippen LogP contribution in [0.15, 0.2) is 5.38 Å². The van der Waals surface area contributed by atoms with Crippen LogP contribution in [0.3, 0.4) is 0 Å². The van der Waals surface area contributed by atoms with Gasteiger partial charge in [0, 0.05) is 11.3 Å². The van der Waals surface area contributed by atoms with E-state index in [4.69, 9.17) is 0 Å². The number of aryl methyl sites for hydroxylation is 1. The lowest BCUT2D eigenvalue weighted by Gasteiger charge is -2.00. The molecule has 0 aromatic carbocycles. The number of hydrogen-bond acceptors (Lipinski definition) is 3. The standard InChI is InChI=1S/C11H18N2S/c1-3-4-12-6-9-5-10(9)11-7-14-8(2)13-11/h7,9-10,12H,3-6H2,1-2H3. The fourth-order valence-electron chi connectivity index (χ4n) is 1.85. The van der Waals surface area contributed by atoms with Gasteiger partial charge in [-0.15, -0.1) is 11.3 Å². The zero-order valence-electron chi connectivity index (χ0n) is 8.92. The number of rotatable bonds is 5. The molecule has 0 radical (unpaired) electrons. The average Bonchev–Trinajstić information content (AvgIpc) is 2.81. The van der Waals surface area contributed by atoms with Gasteiger partial charge in [-0.2, -0.15) is 0 Å². The highest BCUT2D eigenvalue weighted by molar-refractivity contribution is 7.09. The molecule has 14 heavy (non-hydrogen) atoms. The molecule has 1 saturated carbocycles. The van der Waals surface area contributed by atoms with E-state index in [9.17, 15) is 0 Å². The Balaban J connectivity index is 1.76. The van der Waals surface area contributed by atoms with Crippen LogP contribution in [0.1, 0.15) is 36.4 Å². The van der Waals surface area contributed by atoms with Crippen LogP contribution in [-0.2, 0) is 0 Å². The summed E-state index contributed by atoms with van der Waals surface area (Å²) in [6.07, 6.45) is 2.56. The third kappa shape index (κ3) is 2.34. The van der Waals surface area contributed by atoms with Crippen LogP contribution >= 0.6 is 11.3 Å². The number of hydrogen-bond donors (Lipinski definition) is 1. The molecule has 78 valence electrons. The first-order chi connectivity index (χ1) is 6.81. The minimum absolute atomic E-state index is 0.754. The minimum atomic E-state index is 0.754. The van der Waals surface area contributed by atoms with Crippen LogP contribution in [-0.4, -0.2) is 18.1 Å². The highest BCUT2D eigenvalue weighted by Gasteiger charge is 2.39. The maximum Gasteiger partial charge on any atom is 0.0897 e. The van der Waals surface area contributed by atoms with Crippen molar-refractivity contribution in [2.24, 2.45) is 5.92 Å². The van der Waals surface area contributed by atoms with E-state index in [2.05, 4.69) is 29.5 Å². The Morgan fingerprint density at radius 2 is 2.50 bits per heavy atom. The molecule has 2 atom stereocenters. The summed E-state index contributed by atoms with van der Waals surface area (Å²) >= 11 is 1.77. The summed E-state index contributed by atoms with van der Waals surface area (Å²) in [5.74, 6) is 1.60. The van der Waals surface area contributed by atoms with E-state index in [0.717, 1.165) is 18.4 Å². The van der Waals surface area contributed by atoms with Crippen LogP contribution in [0.2, 0.25) is 0 Å². The Morgan fingerprint density at radius 1 is 1.64 bits per heavy atom. The zero-order chi connectivity index (χ0) is 9.97. The van der Waals surface area contributed by atoms with Crippen LogP contribution < -0.4 is 5.32 Å². The minimum Gasteiger partial charge on any atom is -0.316 e. The first-order valence-electron chi connectivity index (χ1n) is 5.44. The van der Waals surface area contributed by atoms with E-state index >= 15 is 0 Å². The topological polar surface area (TPSA) is 24.9 Å². The summed E-state index contributed by atoms with van der Waals surface area (Å²) in [6.45, 7) is 6.62. The first-order valence-corrected chi connectivity index (χ1v) is 6.32. The van der Waals surface area contributed by atoms with Crippen molar-refractivity contribution in [1.82, 2.24) is 10.3 Å². The van der Waals surface area contributed by atoms with Crippen molar-refractivity contribution in [3.05, 3.63) is 16.1 Å². The third-order valence-electron chi connectivity index (χ3n) is 2.77. The Labute approximate surface area is 89.8 Å². The van der Waals surface area contributed by atoms with E-state index < -0.39 is 0 Å². The molecule has 0 aliphatic heterocycles. The van der Waals surface area contributed by atoms with Gasteiger partial charge in [0.1, 0.15) is 0 Å². The lowest BCUT2D eigenvalue weighted by molar-refractivity contribution is 0.618. The zero-order valence-corrected chi connectivity index (χ0v) is 9.73. The first kappa shape index (κ1) is 10.1. The van der Waals surface area contributed by atoms with E-state index in [-0.39, 0.29) is 0 Å². The van der Waals surface area contributed by atoms with Crippen molar-refractivity contribution in [3.63, 3.8) is 0 Å². The van der Waals surface area contributed by atoms with Crippen molar-refractivity contribution >= 4 is 11.3 Å². The molecule has 0 spiro atoms. The second kappa shape index (κ2) is 4.41. The molecule has 1 aliphatic carbocycles. The van der Waals surface area contributed by atoms with Crippen LogP contribution in [0, 0.1) is 12.8 Å². The molecule has 3 heteroatoms. The molecule has 0 saturated heterocycles. The lowest BCUT2D eigenvalue weighted by atomic mass is 10.2. The van der Waals surface area contributed by atoms with Crippen molar-refractivity contribution in [2.45, 2.75) is 32.6 Å². The second-order valence-corrected chi connectivity index (χ2v) is 5.16. The number of nitrogens with one attached hydrogen (secondary N) is 1. The Morgan fingerprint density at radius 3 is 3.14 bits per heavy atom. The molecular weight excluding hydrogens is 192 g/mol. The van der Waals surface area contributed by atoms with Gasteiger partial charge in [0.15, 0.2) is 0 Å². The van der Waals surface area contributed by atoms with Crippen molar-refractivity contribution in [1.29, 1.82) is 0 Å². The lowest BCUT2D eigenvalue weighted by Crippen LogP contribution is -2.17. The summed E-state index contributed by atoms with van der Waals surface area (Å²) in [7, 11) is 0. The van der Waals surface area contributed by atoms with Gasteiger partial charge < -0.3 is 5.32 Å². The normalized spacial score (nSPS) is 25.3. The molecule has 1 aliphatic rings. The Hall–Kier alpha value is -0.410. The van der Waals surface area contributed by atoms with Gasteiger partial charge in [-0.25, -0.2) is 4.98 Å². The highest BCUT2D eigenvalue weighted by Crippen LogP contribution is 2.46. The maximum absolute atomic E-state index is 4.54. The van der Waals surface area contributed by atoms with E-state index in [1.54, 1.807) is 11.3 Å². The van der Waals surface area contributed by atoms with Gasteiger partial charge in [0.25, 0.3) is 0 Å². The number of thiazole rings is 1. The molecule has 2 nitrogen and oxygen atoms in total. The van der Waals surface area contributed by atoms with Gasteiger partial charge in [0.05, 0.1) is 10.7 Å². The molecular formula is C11H18N2S. The Bertz CT molecular complexity index is 295. The SMILES string of the molecule is CCCNCC1CC1c1csc(C)n1. The summed E-state index contributed by atoms with van der Waals surface area (Å²) in [4.78, 5) is 4.54. The van der Waals surface area contributed by atoms with Crippen LogP contribution in [0.25, 0.3) is 0 Å². The predicted octanol–water partition coefficient (Wildman–Crippen LogP) is 2.55. The quantitative estimate of drug-likeness (QED) is 0.756. The number of nitrogens with zero attached hydrogens (tertiary/aromatic N) is 1.